The molecule has 1 N–H and O–H groups in total. The smallest absolute Gasteiger partial charge is 0.327 e. The van der Waals surface area contributed by atoms with Crippen molar-refractivity contribution in [1.29, 1.82) is 0 Å². The van der Waals surface area contributed by atoms with Gasteiger partial charge in [0.25, 0.3) is 0 Å². The Labute approximate surface area is 215 Å². The van der Waals surface area contributed by atoms with Gasteiger partial charge in [-0.3, -0.25) is 9.48 Å². The van der Waals surface area contributed by atoms with Gasteiger partial charge in [0, 0.05) is 34.8 Å². The molecule has 3 heterocycles. The Morgan fingerprint density at radius 2 is 1.95 bits per heavy atom. The number of ether oxygens (including phenoxy) is 1. The zero-order valence-corrected chi connectivity index (χ0v) is 21.4. The normalized spacial score (nSPS) is 12.0. The molecule has 3 aromatic heterocycles. The highest BCUT2D eigenvalue weighted by molar-refractivity contribution is 5.85. The summed E-state index contributed by atoms with van der Waals surface area (Å²) in [5.41, 5.74) is 6.88. The third-order valence-corrected chi connectivity index (χ3v) is 6.21. The van der Waals surface area contributed by atoms with Crippen LogP contribution in [0.15, 0.2) is 71.6 Å². The quantitative estimate of drug-likeness (QED) is 0.260. The van der Waals surface area contributed by atoms with Crippen LogP contribution in [0.2, 0.25) is 0 Å². The van der Waals surface area contributed by atoms with E-state index in [1.54, 1.807) is 24.1 Å². The molecule has 188 valence electrons. The molecule has 8 heteroatoms. The minimum absolute atomic E-state index is 0.00437. The Balaban J connectivity index is 1.35. The average molecular weight is 496 g/mol. The number of carbonyl (C=O) groups excluding carboxylic acids is 1. The maximum Gasteiger partial charge on any atom is 0.327 e. The number of hydrogen-bond donors (Lipinski definition) is 1. The first-order valence-electron chi connectivity index (χ1n) is 12.3. The molecular weight excluding hydrogens is 466 g/mol. The number of aromatic nitrogens is 4. The van der Waals surface area contributed by atoms with Crippen molar-refractivity contribution in [1.82, 2.24) is 19.7 Å². The van der Waals surface area contributed by atoms with Gasteiger partial charge in [0.15, 0.2) is 0 Å². The number of aryl methyl sites for hydroxylation is 2. The second-order valence-electron chi connectivity index (χ2n) is 9.04. The highest BCUT2D eigenvalue weighted by Crippen LogP contribution is 2.29. The van der Waals surface area contributed by atoms with Crippen LogP contribution in [-0.4, -0.2) is 32.3 Å². The number of nitrogens with one attached hydrogen (secondary N) is 1. The van der Waals surface area contributed by atoms with E-state index in [9.17, 15) is 4.79 Å². The second kappa shape index (κ2) is 10.3. The fraction of sp³-hybridized carbons (Fsp3) is 0.241. The Morgan fingerprint density at radius 3 is 2.78 bits per heavy atom. The van der Waals surface area contributed by atoms with Crippen LogP contribution in [0.4, 0.5) is 5.82 Å². The zero-order valence-electron chi connectivity index (χ0n) is 21.4. The number of carbonyl (C=O) groups is 1. The summed E-state index contributed by atoms with van der Waals surface area (Å²) in [6.45, 7) is 8.27. The Hall–Kier alpha value is -4.46. The van der Waals surface area contributed by atoms with Crippen LogP contribution in [0.1, 0.15) is 36.8 Å². The van der Waals surface area contributed by atoms with Gasteiger partial charge in [0.2, 0.25) is 0 Å². The van der Waals surface area contributed by atoms with Crippen molar-refractivity contribution < 1.29 is 13.9 Å². The number of anilines is 1. The van der Waals surface area contributed by atoms with Gasteiger partial charge >= 0.3 is 5.97 Å². The number of fused-ring (bicyclic) bond motifs is 1. The minimum atomic E-state index is -0.303. The van der Waals surface area contributed by atoms with Gasteiger partial charge in [-0.1, -0.05) is 18.2 Å². The third-order valence-electron chi connectivity index (χ3n) is 6.21. The molecule has 0 saturated heterocycles. The van der Waals surface area contributed by atoms with Crippen molar-refractivity contribution in [2.24, 2.45) is 0 Å². The van der Waals surface area contributed by atoms with Gasteiger partial charge in [-0.25, -0.2) is 9.97 Å². The lowest BCUT2D eigenvalue weighted by atomic mass is 10.0. The molecule has 8 nitrogen and oxygen atoms in total. The molecule has 2 aromatic carbocycles. The summed E-state index contributed by atoms with van der Waals surface area (Å²) in [6, 6.07) is 16.3. The largest absolute Gasteiger partial charge is 0.465 e. The van der Waals surface area contributed by atoms with Crippen LogP contribution in [0.3, 0.4) is 0 Å². The Kier molecular flexibility index (Phi) is 6.72. The van der Waals surface area contributed by atoms with E-state index in [1.165, 1.54) is 0 Å². The fourth-order valence-corrected chi connectivity index (χ4v) is 4.34. The van der Waals surface area contributed by atoms with Crippen LogP contribution in [-0.2, 0) is 16.1 Å². The minimum Gasteiger partial charge on any atom is -0.465 e. The summed E-state index contributed by atoms with van der Waals surface area (Å²) < 4.78 is 12.2. The number of rotatable bonds is 8. The summed E-state index contributed by atoms with van der Waals surface area (Å²) in [5.74, 6) is 1.15. The van der Waals surface area contributed by atoms with Gasteiger partial charge < -0.3 is 14.5 Å². The molecule has 0 bridgehead atoms. The van der Waals surface area contributed by atoms with Gasteiger partial charge in [-0.2, -0.15) is 5.10 Å². The Bertz CT molecular complexity index is 1570. The predicted octanol–water partition coefficient (Wildman–Crippen LogP) is 6.11. The lowest BCUT2D eigenvalue weighted by Gasteiger charge is -2.17. The van der Waals surface area contributed by atoms with Crippen LogP contribution in [0, 0.1) is 13.8 Å². The van der Waals surface area contributed by atoms with E-state index in [0.29, 0.717) is 12.4 Å². The summed E-state index contributed by atoms with van der Waals surface area (Å²) in [4.78, 5) is 21.1. The molecule has 0 aliphatic heterocycles. The molecule has 5 rings (SSSR count). The summed E-state index contributed by atoms with van der Waals surface area (Å²) >= 11 is 0. The first kappa shape index (κ1) is 24.2. The average Bonchev–Trinajstić information content (AvgIpc) is 3.50. The molecule has 0 amide bonds. The molecule has 0 fully saturated rings. The van der Waals surface area contributed by atoms with E-state index in [0.717, 1.165) is 50.3 Å². The highest BCUT2D eigenvalue weighted by atomic mass is 16.5. The second-order valence-corrected chi connectivity index (χ2v) is 9.04. The molecule has 37 heavy (non-hydrogen) atoms. The van der Waals surface area contributed by atoms with Crippen molar-refractivity contribution in [2.75, 3.05) is 11.9 Å². The Morgan fingerprint density at radius 1 is 1.08 bits per heavy atom. The fourth-order valence-electron chi connectivity index (χ4n) is 4.34. The monoisotopic (exact) mass is 495 g/mol. The molecular formula is C29H29N5O3. The van der Waals surface area contributed by atoms with E-state index >= 15 is 0 Å². The van der Waals surface area contributed by atoms with Crippen molar-refractivity contribution in [3.63, 3.8) is 0 Å². The highest BCUT2D eigenvalue weighted by Gasteiger charge is 2.13. The topological polar surface area (TPSA) is 95.1 Å². The van der Waals surface area contributed by atoms with E-state index in [-0.39, 0.29) is 18.6 Å². The van der Waals surface area contributed by atoms with Gasteiger partial charge in [0.05, 0.1) is 24.8 Å². The van der Waals surface area contributed by atoms with Crippen LogP contribution >= 0.6 is 0 Å². The molecule has 0 unspecified atom stereocenters. The number of esters is 1. The van der Waals surface area contributed by atoms with Gasteiger partial charge in [0.1, 0.15) is 23.8 Å². The van der Waals surface area contributed by atoms with Crippen LogP contribution in [0.25, 0.3) is 33.4 Å². The van der Waals surface area contributed by atoms with E-state index in [1.807, 2.05) is 50.4 Å². The lowest BCUT2D eigenvalue weighted by molar-refractivity contribution is -0.144. The van der Waals surface area contributed by atoms with E-state index in [4.69, 9.17) is 9.15 Å². The van der Waals surface area contributed by atoms with Crippen molar-refractivity contribution in [3.8, 4) is 22.4 Å². The zero-order chi connectivity index (χ0) is 25.9. The molecule has 0 radical (unpaired) electrons. The van der Waals surface area contributed by atoms with Crippen LogP contribution in [0.5, 0.6) is 0 Å². The molecule has 0 saturated carbocycles. The maximum absolute atomic E-state index is 11.8. The number of nitrogens with zero attached hydrogens (tertiary/aromatic N) is 4. The standard InChI is InChI=1S/C29H29N5O3/c1-5-36-29(35)16-34-15-24(14-30-34)22-8-6-7-21(11-22)19(3)31-28-13-26(32-20(4)33-28)23-9-10-27-25(12-23)18(2)17-37-27/h6-15,17,19H,5,16H2,1-4H3,(H,31,32,33)/t19-/m0/s1. The summed E-state index contributed by atoms with van der Waals surface area (Å²) in [5, 5.41) is 8.91. The molecule has 1 atom stereocenters. The van der Waals surface area contributed by atoms with Crippen molar-refractivity contribution in [3.05, 3.63) is 84.1 Å². The SMILES string of the molecule is CCOC(=O)Cn1cc(-c2cccc([C@H](C)Nc3cc(-c4ccc5occ(C)c5c4)nc(C)n3)c2)cn1. The summed E-state index contributed by atoms with van der Waals surface area (Å²) in [7, 11) is 0. The van der Waals surface area contributed by atoms with Crippen molar-refractivity contribution in [2.45, 2.75) is 40.3 Å². The first-order chi connectivity index (χ1) is 17.9. The van der Waals surface area contributed by atoms with E-state index in [2.05, 4.69) is 45.5 Å². The number of furan rings is 1. The summed E-state index contributed by atoms with van der Waals surface area (Å²) in [6.07, 6.45) is 5.38. The van der Waals surface area contributed by atoms with Gasteiger partial charge in [-0.15, -0.1) is 0 Å². The van der Waals surface area contributed by atoms with Crippen LogP contribution < -0.4 is 5.32 Å². The maximum atomic E-state index is 11.8. The number of hydrogen-bond acceptors (Lipinski definition) is 7. The third kappa shape index (κ3) is 5.38. The lowest BCUT2D eigenvalue weighted by Crippen LogP contribution is -2.13. The predicted molar refractivity (Wildman–Crippen MR) is 143 cm³/mol. The molecule has 0 spiro atoms. The molecule has 5 aromatic rings. The van der Waals surface area contributed by atoms with E-state index < -0.39 is 0 Å². The van der Waals surface area contributed by atoms with Crippen molar-refractivity contribution >= 4 is 22.8 Å². The van der Waals surface area contributed by atoms with Gasteiger partial charge in [-0.05, 0) is 68.7 Å². The first-order valence-corrected chi connectivity index (χ1v) is 12.3. The molecule has 0 aliphatic carbocycles. The number of benzene rings is 2. The molecule has 0 aliphatic rings.